The van der Waals surface area contributed by atoms with Crippen molar-refractivity contribution in [1.82, 2.24) is 20.6 Å². The summed E-state index contributed by atoms with van der Waals surface area (Å²) in [5.74, 6) is -1.56. The van der Waals surface area contributed by atoms with Crippen LogP contribution in [0.5, 0.6) is 0 Å². The molecule has 0 bridgehead atoms. The lowest BCUT2D eigenvalue weighted by atomic mass is 9.95. The molecule has 0 aliphatic rings. The standard InChI is InChI=1S/C38H38N4O4S/c1-23-8-6-7-9-30(23)27-16-14-26(15-17-27)29-21-39-34(40-22-29)28-12-10-25(11-13-28)20-31(35(43)41-24(2)37(45)46)42-36(44)32-18-19-33(47-32)38(3,4)5/h6-19,21-22,24,31H,20H2,1-5H3,(H,41,43)(H,42,44)(H,45,46). The van der Waals surface area contributed by atoms with Crippen molar-refractivity contribution in [2.24, 2.45) is 0 Å². The van der Waals surface area contributed by atoms with Crippen molar-refractivity contribution in [2.45, 2.75) is 58.5 Å². The zero-order valence-electron chi connectivity index (χ0n) is 27.1. The topological polar surface area (TPSA) is 121 Å². The summed E-state index contributed by atoms with van der Waals surface area (Å²) in [6.45, 7) is 9.69. The summed E-state index contributed by atoms with van der Waals surface area (Å²) in [4.78, 5) is 48.4. The number of thiophene rings is 1. The van der Waals surface area contributed by atoms with Gasteiger partial charge in [0.1, 0.15) is 12.1 Å². The number of hydrogen-bond donors (Lipinski definition) is 3. The fraction of sp³-hybridized carbons (Fsp3) is 0.237. The van der Waals surface area contributed by atoms with Crippen molar-refractivity contribution in [3.05, 3.63) is 118 Å². The van der Waals surface area contributed by atoms with Gasteiger partial charge in [0.2, 0.25) is 5.91 Å². The molecule has 0 radical (unpaired) electrons. The molecule has 47 heavy (non-hydrogen) atoms. The Labute approximate surface area is 278 Å². The number of carbonyl (C=O) groups excluding carboxylic acids is 2. The van der Waals surface area contributed by atoms with E-state index in [0.717, 1.165) is 32.7 Å². The van der Waals surface area contributed by atoms with Crippen LogP contribution in [0.25, 0.3) is 33.6 Å². The minimum Gasteiger partial charge on any atom is -0.480 e. The van der Waals surface area contributed by atoms with Crippen molar-refractivity contribution in [2.75, 3.05) is 0 Å². The molecule has 0 spiro atoms. The van der Waals surface area contributed by atoms with E-state index in [2.05, 4.69) is 84.7 Å². The predicted octanol–water partition coefficient (Wildman–Crippen LogP) is 7.08. The maximum atomic E-state index is 13.2. The molecule has 8 nitrogen and oxygen atoms in total. The predicted molar refractivity (Wildman–Crippen MR) is 186 cm³/mol. The van der Waals surface area contributed by atoms with Gasteiger partial charge >= 0.3 is 5.97 Å². The second-order valence-electron chi connectivity index (χ2n) is 12.6. The molecule has 0 fully saturated rings. The van der Waals surface area contributed by atoms with Crippen LogP contribution in [-0.2, 0) is 21.4 Å². The number of nitrogens with one attached hydrogen (secondary N) is 2. The fourth-order valence-electron chi connectivity index (χ4n) is 5.07. The Bertz CT molecular complexity index is 1880. The van der Waals surface area contributed by atoms with Crippen molar-refractivity contribution in [3.8, 4) is 33.6 Å². The van der Waals surface area contributed by atoms with Crippen LogP contribution in [0.4, 0.5) is 0 Å². The number of rotatable bonds is 10. The van der Waals surface area contributed by atoms with Gasteiger partial charge in [-0.15, -0.1) is 11.3 Å². The second-order valence-corrected chi connectivity index (χ2v) is 13.7. The normalized spacial score (nSPS) is 12.6. The number of carboxylic acids is 1. The summed E-state index contributed by atoms with van der Waals surface area (Å²) in [7, 11) is 0. The molecule has 5 aromatic rings. The molecule has 3 N–H and O–H groups in total. The van der Waals surface area contributed by atoms with Crippen LogP contribution in [0, 0.1) is 6.92 Å². The molecule has 0 aliphatic carbocycles. The lowest BCUT2D eigenvalue weighted by molar-refractivity contribution is -0.141. The summed E-state index contributed by atoms with van der Waals surface area (Å²) >= 11 is 1.37. The first-order valence-electron chi connectivity index (χ1n) is 15.4. The minimum absolute atomic E-state index is 0.115. The molecule has 3 aromatic carbocycles. The van der Waals surface area contributed by atoms with Crippen LogP contribution in [0.3, 0.4) is 0 Å². The number of carboxylic acid groups (broad SMARTS) is 1. The zero-order valence-corrected chi connectivity index (χ0v) is 27.9. The zero-order chi connectivity index (χ0) is 33.7. The molecule has 240 valence electrons. The average molecular weight is 647 g/mol. The summed E-state index contributed by atoms with van der Waals surface area (Å²) in [5.41, 5.74) is 6.97. The van der Waals surface area contributed by atoms with Gasteiger partial charge in [-0.1, -0.05) is 93.6 Å². The van der Waals surface area contributed by atoms with E-state index in [1.54, 1.807) is 18.5 Å². The van der Waals surface area contributed by atoms with Crippen LogP contribution < -0.4 is 10.6 Å². The van der Waals surface area contributed by atoms with E-state index in [9.17, 15) is 19.5 Å². The van der Waals surface area contributed by atoms with E-state index in [0.29, 0.717) is 10.7 Å². The van der Waals surface area contributed by atoms with Gasteiger partial charge in [0.25, 0.3) is 5.91 Å². The van der Waals surface area contributed by atoms with Gasteiger partial charge in [0.05, 0.1) is 4.88 Å². The van der Waals surface area contributed by atoms with Gasteiger partial charge in [-0.2, -0.15) is 0 Å². The van der Waals surface area contributed by atoms with E-state index in [4.69, 9.17) is 0 Å². The molecule has 2 aromatic heterocycles. The van der Waals surface area contributed by atoms with Gasteiger partial charge in [-0.25, -0.2) is 9.97 Å². The van der Waals surface area contributed by atoms with Crippen LogP contribution in [0.15, 0.2) is 97.3 Å². The number of benzene rings is 3. The average Bonchev–Trinajstić information content (AvgIpc) is 3.57. The first-order valence-corrected chi connectivity index (χ1v) is 16.2. The Balaban J connectivity index is 1.29. The quantitative estimate of drug-likeness (QED) is 0.149. The third-order valence-electron chi connectivity index (χ3n) is 7.90. The molecule has 0 saturated carbocycles. The van der Waals surface area contributed by atoms with Crippen molar-refractivity contribution in [3.63, 3.8) is 0 Å². The molecule has 0 saturated heterocycles. The van der Waals surface area contributed by atoms with Crippen LogP contribution in [-0.4, -0.2) is 44.9 Å². The SMILES string of the molecule is Cc1ccccc1-c1ccc(-c2cnc(-c3ccc(CC(NC(=O)c4ccc(C(C)(C)C)s4)C(=O)NC(C)C(=O)O)cc3)nc2)cc1. The van der Waals surface area contributed by atoms with E-state index in [1.807, 2.05) is 42.5 Å². The molecule has 2 atom stereocenters. The minimum atomic E-state index is -1.16. The third kappa shape index (κ3) is 8.17. The Morgan fingerprint density at radius 1 is 0.787 bits per heavy atom. The summed E-state index contributed by atoms with van der Waals surface area (Å²) in [6.07, 6.45) is 3.77. The highest BCUT2D eigenvalue weighted by molar-refractivity contribution is 7.14. The molecular formula is C38H38N4O4S. The number of hydrogen-bond acceptors (Lipinski definition) is 6. The van der Waals surface area contributed by atoms with Crippen LogP contribution in [0.2, 0.25) is 0 Å². The summed E-state index contributed by atoms with van der Waals surface area (Å²) < 4.78 is 0. The smallest absolute Gasteiger partial charge is 0.325 e. The van der Waals surface area contributed by atoms with Gasteiger partial charge < -0.3 is 15.7 Å². The van der Waals surface area contributed by atoms with E-state index >= 15 is 0 Å². The molecule has 0 aliphatic heterocycles. The first kappa shape index (κ1) is 33.2. The fourth-order valence-corrected chi connectivity index (χ4v) is 6.04. The molecule has 2 heterocycles. The lowest BCUT2D eigenvalue weighted by Gasteiger charge is -2.20. The Hall–Kier alpha value is -5.15. The Morgan fingerprint density at radius 2 is 1.40 bits per heavy atom. The van der Waals surface area contributed by atoms with Crippen LogP contribution >= 0.6 is 11.3 Å². The second kappa shape index (κ2) is 14.1. The monoisotopic (exact) mass is 646 g/mol. The molecule has 5 rings (SSSR count). The molecule has 2 amide bonds. The molecular weight excluding hydrogens is 609 g/mol. The van der Waals surface area contributed by atoms with E-state index in [1.165, 1.54) is 29.4 Å². The van der Waals surface area contributed by atoms with Gasteiger partial charge in [0, 0.05) is 34.8 Å². The number of amides is 2. The molecule has 2 unspecified atom stereocenters. The van der Waals surface area contributed by atoms with Crippen molar-refractivity contribution >= 4 is 29.1 Å². The summed E-state index contributed by atoms with van der Waals surface area (Å²) in [6, 6.07) is 25.7. The van der Waals surface area contributed by atoms with Crippen LogP contribution in [0.1, 0.15) is 53.4 Å². The van der Waals surface area contributed by atoms with Gasteiger partial charge in [-0.3, -0.25) is 14.4 Å². The highest BCUT2D eigenvalue weighted by atomic mass is 32.1. The lowest BCUT2D eigenvalue weighted by Crippen LogP contribution is -2.51. The third-order valence-corrected chi connectivity index (χ3v) is 9.41. The largest absolute Gasteiger partial charge is 0.480 e. The van der Waals surface area contributed by atoms with Gasteiger partial charge in [-0.05, 0) is 59.2 Å². The van der Waals surface area contributed by atoms with Crippen molar-refractivity contribution < 1.29 is 19.5 Å². The van der Waals surface area contributed by atoms with E-state index < -0.39 is 24.0 Å². The Kier molecular flexibility index (Phi) is 9.96. The van der Waals surface area contributed by atoms with E-state index in [-0.39, 0.29) is 17.7 Å². The highest BCUT2D eigenvalue weighted by Gasteiger charge is 2.26. The van der Waals surface area contributed by atoms with Gasteiger partial charge in [0.15, 0.2) is 5.82 Å². The highest BCUT2D eigenvalue weighted by Crippen LogP contribution is 2.30. The number of carbonyl (C=O) groups is 3. The number of aromatic nitrogens is 2. The maximum Gasteiger partial charge on any atom is 0.325 e. The maximum absolute atomic E-state index is 13.2. The number of nitrogens with zero attached hydrogens (tertiary/aromatic N) is 2. The summed E-state index contributed by atoms with van der Waals surface area (Å²) in [5, 5.41) is 14.6. The first-order chi connectivity index (χ1) is 22.4. The molecule has 9 heteroatoms. The number of aliphatic carboxylic acids is 1. The van der Waals surface area contributed by atoms with Crippen molar-refractivity contribution in [1.29, 1.82) is 0 Å². The Morgan fingerprint density at radius 3 is 2.00 bits per heavy atom. The number of aryl methyl sites for hydroxylation is 1.